The molecule has 1 aromatic heterocycles. The van der Waals surface area contributed by atoms with Gasteiger partial charge in [-0.25, -0.2) is 0 Å². The van der Waals surface area contributed by atoms with Gasteiger partial charge in [0.05, 0.1) is 6.42 Å². The summed E-state index contributed by atoms with van der Waals surface area (Å²) >= 11 is 0. The molecule has 2 aromatic rings. The highest BCUT2D eigenvalue weighted by Gasteiger charge is 2.44. The molecule has 3 rings (SSSR count). The van der Waals surface area contributed by atoms with Crippen LogP contribution in [0.5, 0.6) is 0 Å². The molecule has 1 aliphatic rings. The molecule has 94 valence electrons. The second-order valence-corrected chi connectivity index (χ2v) is 5.58. The van der Waals surface area contributed by atoms with Gasteiger partial charge in [-0.3, -0.25) is 4.79 Å². The Kier molecular flexibility index (Phi) is 2.44. The zero-order valence-electron chi connectivity index (χ0n) is 10.5. The molecule has 1 aliphatic carbocycles. The Balaban J connectivity index is 1.91. The molecule has 3 heteroatoms. The number of hydrogen-bond donors (Lipinski definition) is 1. The van der Waals surface area contributed by atoms with Crippen molar-refractivity contribution in [2.75, 3.05) is 0 Å². The molecule has 1 saturated carbocycles. The summed E-state index contributed by atoms with van der Waals surface area (Å²) in [5.74, 6) is -0.680. The van der Waals surface area contributed by atoms with Crippen LogP contribution in [0, 0.1) is 12.3 Å². The standard InChI is InChI=1S/C15H17NO2/c1-11-2-3-12-4-7-16(13(12)8-11)10-15(5-6-15)9-14(17)18/h2-4,7-8H,5-6,9-10H2,1H3,(H,17,18). The number of nitrogens with zero attached hydrogens (tertiary/aromatic N) is 1. The van der Waals surface area contributed by atoms with Gasteiger partial charge in [0.25, 0.3) is 0 Å². The molecule has 3 nitrogen and oxygen atoms in total. The topological polar surface area (TPSA) is 42.2 Å². The van der Waals surface area contributed by atoms with Gasteiger partial charge >= 0.3 is 5.97 Å². The molecule has 0 bridgehead atoms. The third-order valence-corrected chi connectivity index (χ3v) is 3.92. The fraction of sp³-hybridized carbons (Fsp3) is 0.400. The molecule has 0 unspecified atom stereocenters. The third kappa shape index (κ3) is 2.01. The van der Waals surface area contributed by atoms with E-state index in [-0.39, 0.29) is 5.41 Å². The van der Waals surface area contributed by atoms with Crippen molar-refractivity contribution in [2.24, 2.45) is 5.41 Å². The number of hydrogen-bond acceptors (Lipinski definition) is 1. The Morgan fingerprint density at radius 3 is 2.83 bits per heavy atom. The van der Waals surface area contributed by atoms with E-state index in [9.17, 15) is 4.79 Å². The molecule has 0 aliphatic heterocycles. The first-order valence-electron chi connectivity index (χ1n) is 6.35. The number of carbonyl (C=O) groups is 1. The van der Waals surface area contributed by atoms with Crippen LogP contribution >= 0.6 is 0 Å². The normalized spacial score (nSPS) is 16.9. The summed E-state index contributed by atoms with van der Waals surface area (Å²) < 4.78 is 2.21. The lowest BCUT2D eigenvalue weighted by Crippen LogP contribution is -2.15. The van der Waals surface area contributed by atoms with Crippen molar-refractivity contribution in [2.45, 2.75) is 32.7 Å². The van der Waals surface area contributed by atoms with Crippen LogP contribution in [-0.2, 0) is 11.3 Å². The molecule has 1 N–H and O–H groups in total. The number of carboxylic acid groups (broad SMARTS) is 1. The molecule has 0 atom stereocenters. The summed E-state index contributed by atoms with van der Waals surface area (Å²) in [6.07, 6.45) is 4.43. The first-order valence-corrected chi connectivity index (χ1v) is 6.35. The van der Waals surface area contributed by atoms with Crippen LogP contribution in [0.4, 0.5) is 0 Å². The summed E-state index contributed by atoms with van der Waals surface area (Å²) in [6.45, 7) is 2.91. The number of benzene rings is 1. The van der Waals surface area contributed by atoms with Gasteiger partial charge in [-0.15, -0.1) is 0 Å². The van der Waals surface area contributed by atoms with Crippen molar-refractivity contribution in [3.05, 3.63) is 36.0 Å². The van der Waals surface area contributed by atoms with Gasteiger partial charge < -0.3 is 9.67 Å². The smallest absolute Gasteiger partial charge is 0.303 e. The Morgan fingerprint density at radius 2 is 2.17 bits per heavy atom. The zero-order valence-corrected chi connectivity index (χ0v) is 10.5. The quantitative estimate of drug-likeness (QED) is 0.896. The minimum Gasteiger partial charge on any atom is -0.481 e. The van der Waals surface area contributed by atoms with E-state index in [2.05, 4.69) is 42.0 Å². The van der Waals surface area contributed by atoms with Crippen LogP contribution in [0.25, 0.3) is 10.9 Å². The predicted octanol–water partition coefficient (Wildman–Crippen LogP) is 3.20. The number of fused-ring (bicyclic) bond motifs is 1. The summed E-state index contributed by atoms with van der Waals surface area (Å²) in [5, 5.41) is 10.2. The van der Waals surface area contributed by atoms with Gasteiger partial charge in [-0.2, -0.15) is 0 Å². The van der Waals surface area contributed by atoms with Crippen molar-refractivity contribution in [1.82, 2.24) is 4.57 Å². The van der Waals surface area contributed by atoms with Crippen molar-refractivity contribution >= 4 is 16.9 Å². The van der Waals surface area contributed by atoms with Crippen LogP contribution < -0.4 is 0 Å². The zero-order chi connectivity index (χ0) is 12.8. The van der Waals surface area contributed by atoms with Gasteiger partial charge in [0, 0.05) is 18.3 Å². The Bertz CT molecular complexity index is 608. The van der Waals surface area contributed by atoms with E-state index in [0.29, 0.717) is 6.42 Å². The largest absolute Gasteiger partial charge is 0.481 e. The van der Waals surface area contributed by atoms with E-state index in [1.165, 1.54) is 16.5 Å². The summed E-state index contributed by atoms with van der Waals surface area (Å²) in [7, 11) is 0. The second-order valence-electron chi connectivity index (χ2n) is 5.58. The van der Waals surface area contributed by atoms with Crippen molar-refractivity contribution < 1.29 is 9.90 Å². The predicted molar refractivity (Wildman–Crippen MR) is 70.6 cm³/mol. The summed E-state index contributed by atoms with van der Waals surface area (Å²) in [6, 6.07) is 8.51. The van der Waals surface area contributed by atoms with Crippen LogP contribution in [0.2, 0.25) is 0 Å². The number of rotatable bonds is 4. The minimum atomic E-state index is -0.680. The average Bonchev–Trinajstić information content (AvgIpc) is 2.93. The fourth-order valence-electron chi connectivity index (χ4n) is 2.68. The maximum absolute atomic E-state index is 10.9. The van der Waals surface area contributed by atoms with Crippen LogP contribution in [-0.4, -0.2) is 15.6 Å². The van der Waals surface area contributed by atoms with Gasteiger partial charge in [-0.1, -0.05) is 12.1 Å². The molecule has 1 aromatic carbocycles. The molecule has 0 amide bonds. The highest BCUT2D eigenvalue weighted by atomic mass is 16.4. The highest BCUT2D eigenvalue weighted by Crippen LogP contribution is 2.50. The van der Waals surface area contributed by atoms with E-state index in [1.807, 2.05) is 0 Å². The Hall–Kier alpha value is -1.77. The number of aryl methyl sites for hydroxylation is 1. The fourth-order valence-corrected chi connectivity index (χ4v) is 2.68. The molecule has 0 radical (unpaired) electrons. The molecule has 0 spiro atoms. The van der Waals surface area contributed by atoms with Gasteiger partial charge in [0.15, 0.2) is 0 Å². The lowest BCUT2D eigenvalue weighted by Gasteiger charge is -2.14. The summed E-state index contributed by atoms with van der Waals surface area (Å²) in [5.41, 5.74) is 2.46. The van der Waals surface area contributed by atoms with E-state index in [4.69, 9.17) is 5.11 Å². The molecule has 1 fully saturated rings. The van der Waals surface area contributed by atoms with Crippen LogP contribution in [0.1, 0.15) is 24.8 Å². The van der Waals surface area contributed by atoms with Crippen molar-refractivity contribution in [3.8, 4) is 0 Å². The second kappa shape index (κ2) is 3.87. The van der Waals surface area contributed by atoms with E-state index in [1.54, 1.807) is 0 Å². The van der Waals surface area contributed by atoms with Crippen LogP contribution in [0.3, 0.4) is 0 Å². The minimum absolute atomic E-state index is 0.00152. The van der Waals surface area contributed by atoms with Crippen molar-refractivity contribution in [1.29, 1.82) is 0 Å². The monoisotopic (exact) mass is 243 g/mol. The van der Waals surface area contributed by atoms with Gasteiger partial charge in [0.1, 0.15) is 0 Å². The maximum atomic E-state index is 10.9. The lowest BCUT2D eigenvalue weighted by atomic mass is 10.0. The number of carboxylic acids is 1. The third-order valence-electron chi connectivity index (χ3n) is 3.92. The molecule has 0 saturated heterocycles. The summed E-state index contributed by atoms with van der Waals surface area (Å²) in [4.78, 5) is 10.9. The maximum Gasteiger partial charge on any atom is 0.303 e. The van der Waals surface area contributed by atoms with E-state index >= 15 is 0 Å². The lowest BCUT2D eigenvalue weighted by molar-refractivity contribution is -0.138. The Morgan fingerprint density at radius 1 is 1.39 bits per heavy atom. The van der Waals surface area contributed by atoms with Gasteiger partial charge in [-0.05, 0) is 48.3 Å². The number of aromatic nitrogens is 1. The SMILES string of the molecule is Cc1ccc2ccn(CC3(CC(=O)O)CC3)c2c1. The van der Waals surface area contributed by atoms with Gasteiger partial charge in [0.2, 0.25) is 0 Å². The van der Waals surface area contributed by atoms with E-state index < -0.39 is 5.97 Å². The molecule has 1 heterocycles. The number of aliphatic carboxylic acids is 1. The van der Waals surface area contributed by atoms with E-state index in [0.717, 1.165) is 19.4 Å². The van der Waals surface area contributed by atoms with Crippen molar-refractivity contribution in [3.63, 3.8) is 0 Å². The van der Waals surface area contributed by atoms with Crippen LogP contribution in [0.15, 0.2) is 30.5 Å². The molecular weight excluding hydrogens is 226 g/mol. The first kappa shape index (κ1) is 11.3. The molecular formula is C15H17NO2. The first-order chi connectivity index (χ1) is 8.58. The highest BCUT2D eigenvalue weighted by molar-refractivity contribution is 5.80. The Labute approximate surface area is 106 Å². The average molecular weight is 243 g/mol. The molecule has 18 heavy (non-hydrogen) atoms.